The van der Waals surface area contributed by atoms with Crippen LogP contribution in [0.3, 0.4) is 0 Å². The van der Waals surface area contributed by atoms with Crippen molar-refractivity contribution in [3.05, 3.63) is 12.2 Å². The molecule has 0 aliphatic heterocycles. The van der Waals surface area contributed by atoms with Gasteiger partial charge in [0.1, 0.15) is 6.61 Å². The largest absolute Gasteiger partial charge is 0.477 e. The van der Waals surface area contributed by atoms with Crippen molar-refractivity contribution in [3.63, 3.8) is 0 Å². The van der Waals surface area contributed by atoms with E-state index < -0.39 is 24.1 Å². The molecule has 0 spiro atoms. The summed E-state index contributed by atoms with van der Waals surface area (Å²) in [6, 6.07) is -0.605. The van der Waals surface area contributed by atoms with Crippen LogP contribution in [0.1, 0.15) is 136 Å². The lowest BCUT2D eigenvalue weighted by molar-refractivity contribution is -0.887. The van der Waals surface area contributed by atoms with Crippen molar-refractivity contribution in [3.8, 4) is 0 Å². The minimum absolute atomic E-state index is 0.0536. The van der Waals surface area contributed by atoms with E-state index in [0.29, 0.717) is 12.8 Å². The summed E-state index contributed by atoms with van der Waals surface area (Å²) in [4.78, 5) is 35.1. The Balaban J connectivity index is 3.87. The molecule has 0 aromatic rings. The molecule has 0 heterocycles. The number of rotatable bonds is 29. The van der Waals surface area contributed by atoms with Crippen LogP contribution in [-0.2, 0) is 28.6 Å². The van der Waals surface area contributed by atoms with E-state index in [1.807, 2.05) is 21.1 Å². The van der Waals surface area contributed by atoms with E-state index in [1.165, 1.54) is 96.8 Å². The Kier molecular flexibility index (Phi) is 25.5. The molecule has 8 heteroatoms. The third-order valence-electron chi connectivity index (χ3n) is 7.47. The van der Waals surface area contributed by atoms with Crippen LogP contribution in [0.4, 0.5) is 0 Å². The van der Waals surface area contributed by atoms with Crippen LogP contribution in [0.15, 0.2) is 12.2 Å². The zero-order valence-corrected chi connectivity index (χ0v) is 27.7. The molecule has 0 aliphatic rings. The van der Waals surface area contributed by atoms with E-state index in [4.69, 9.17) is 14.2 Å². The maximum Gasteiger partial charge on any atom is 0.362 e. The molecule has 0 aromatic heterocycles. The number of aliphatic carboxylic acids is 1. The van der Waals surface area contributed by atoms with Crippen LogP contribution < -0.4 is 0 Å². The summed E-state index contributed by atoms with van der Waals surface area (Å²) in [7, 11) is 5.47. The first kappa shape index (κ1) is 40.1. The molecule has 0 aliphatic carbocycles. The van der Waals surface area contributed by atoms with Gasteiger partial charge in [0.2, 0.25) is 0 Å². The number of carbonyl (C=O) groups excluding carboxylic acids is 2. The highest BCUT2D eigenvalue weighted by Crippen LogP contribution is 2.13. The van der Waals surface area contributed by atoms with Gasteiger partial charge in [-0.25, -0.2) is 4.79 Å². The fourth-order valence-corrected chi connectivity index (χ4v) is 4.87. The van der Waals surface area contributed by atoms with Gasteiger partial charge in [0.15, 0.2) is 12.1 Å². The van der Waals surface area contributed by atoms with Gasteiger partial charge in [-0.05, 0) is 32.1 Å². The first-order valence-electron chi connectivity index (χ1n) is 16.7. The highest BCUT2D eigenvalue weighted by Gasteiger charge is 2.31. The Hall–Kier alpha value is -1.93. The van der Waals surface area contributed by atoms with Gasteiger partial charge >= 0.3 is 17.9 Å². The predicted molar refractivity (Wildman–Crippen MR) is 169 cm³/mol. The van der Waals surface area contributed by atoms with Crippen molar-refractivity contribution in [2.45, 2.75) is 148 Å². The monoisotopic (exact) mass is 598 g/mol. The molecule has 0 rings (SSSR count). The van der Waals surface area contributed by atoms with Crippen molar-refractivity contribution < 1.29 is 38.2 Å². The molecular formula is C34H64NO7+. The number of hydrogen-bond acceptors (Lipinski definition) is 6. The number of hydrogen-bond donors (Lipinski definition) is 1. The topological polar surface area (TPSA) is 99.1 Å². The van der Waals surface area contributed by atoms with Gasteiger partial charge in [0.05, 0.1) is 34.4 Å². The molecule has 2 unspecified atom stereocenters. The van der Waals surface area contributed by atoms with Crippen LogP contribution in [0.5, 0.6) is 0 Å². The first-order valence-corrected chi connectivity index (χ1v) is 16.7. The van der Waals surface area contributed by atoms with Crippen molar-refractivity contribution >= 4 is 17.9 Å². The van der Waals surface area contributed by atoms with Crippen LogP contribution in [0.25, 0.3) is 0 Å². The number of allylic oxidation sites excluding steroid dienone is 2. The van der Waals surface area contributed by atoms with E-state index in [-0.39, 0.29) is 30.3 Å². The highest BCUT2D eigenvalue weighted by atomic mass is 16.6. The minimum atomic E-state index is -0.883. The number of ether oxygens (including phenoxy) is 3. The van der Waals surface area contributed by atoms with Crippen molar-refractivity contribution in [2.24, 2.45) is 0 Å². The summed E-state index contributed by atoms with van der Waals surface area (Å²) in [5.74, 6) is -1.67. The second-order valence-electron chi connectivity index (χ2n) is 12.5. The van der Waals surface area contributed by atoms with E-state index in [1.54, 1.807) is 0 Å². The van der Waals surface area contributed by atoms with E-state index in [2.05, 4.69) is 19.1 Å². The third-order valence-corrected chi connectivity index (χ3v) is 7.47. The van der Waals surface area contributed by atoms with Crippen LogP contribution >= 0.6 is 0 Å². The fraction of sp³-hybridized carbons (Fsp3) is 0.853. The standard InChI is InChI=1S/C34H63NO7/c1-6-7-8-9-10-11-12-13-14-15-16-17-18-19-20-21-22-23-24-25-33(37)42-31(29-41-30(2)36)28-40-27-26-32(34(38)39)35(3,4)5/h13-14,31-32H,6-12,15-29H2,1-5H3/p+1/b14-13-. The number of carbonyl (C=O) groups is 3. The lowest BCUT2D eigenvalue weighted by Crippen LogP contribution is -2.50. The van der Waals surface area contributed by atoms with Gasteiger partial charge in [0, 0.05) is 19.8 Å². The lowest BCUT2D eigenvalue weighted by Gasteiger charge is -2.31. The van der Waals surface area contributed by atoms with Crippen LogP contribution in [0.2, 0.25) is 0 Å². The molecule has 0 bridgehead atoms. The minimum Gasteiger partial charge on any atom is -0.477 e. The van der Waals surface area contributed by atoms with Gasteiger partial charge in [-0.3, -0.25) is 9.59 Å². The molecule has 42 heavy (non-hydrogen) atoms. The average molecular weight is 599 g/mol. The second kappa shape index (κ2) is 26.7. The van der Waals surface area contributed by atoms with Crippen LogP contribution in [-0.4, -0.2) is 80.6 Å². The molecule has 0 saturated heterocycles. The fourth-order valence-electron chi connectivity index (χ4n) is 4.87. The number of carboxylic acids is 1. The molecule has 0 fully saturated rings. The highest BCUT2D eigenvalue weighted by molar-refractivity contribution is 5.72. The molecule has 0 saturated carbocycles. The third kappa shape index (κ3) is 25.8. The van der Waals surface area contributed by atoms with E-state index >= 15 is 0 Å². The maximum absolute atomic E-state index is 12.3. The number of esters is 2. The van der Waals surface area contributed by atoms with Crippen molar-refractivity contribution in [1.82, 2.24) is 0 Å². The molecular weight excluding hydrogens is 534 g/mol. The number of carboxylic acid groups (broad SMARTS) is 1. The van der Waals surface area contributed by atoms with E-state index in [0.717, 1.165) is 19.3 Å². The van der Waals surface area contributed by atoms with Crippen molar-refractivity contribution in [2.75, 3.05) is 41.0 Å². The second-order valence-corrected chi connectivity index (χ2v) is 12.5. The summed E-state index contributed by atoms with van der Waals surface area (Å²) < 4.78 is 16.4. The summed E-state index contributed by atoms with van der Waals surface area (Å²) in [6.45, 7) is 3.75. The Morgan fingerprint density at radius 1 is 0.738 bits per heavy atom. The molecule has 0 amide bonds. The average Bonchev–Trinajstić information content (AvgIpc) is 2.91. The number of likely N-dealkylation sites (N-methyl/N-ethyl adjacent to an activating group) is 1. The summed E-state index contributed by atoms with van der Waals surface area (Å²) in [6.07, 6.45) is 25.8. The van der Waals surface area contributed by atoms with Gasteiger partial charge in [-0.15, -0.1) is 0 Å². The lowest BCUT2D eigenvalue weighted by atomic mass is 10.1. The van der Waals surface area contributed by atoms with E-state index in [9.17, 15) is 19.5 Å². The number of unbranched alkanes of at least 4 members (excludes halogenated alkanes) is 15. The zero-order chi connectivity index (χ0) is 31.5. The predicted octanol–water partition coefficient (Wildman–Crippen LogP) is 7.63. The Bertz CT molecular complexity index is 717. The number of quaternary nitrogens is 1. The molecule has 8 nitrogen and oxygen atoms in total. The quantitative estimate of drug-likeness (QED) is 0.0409. The summed E-state index contributed by atoms with van der Waals surface area (Å²) in [5.41, 5.74) is 0. The number of nitrogens with zero attached hydrogens (tertiary/aromatic N) is 1. The molecule has 246 valence electrons. The molecule has 1 N–H and O–H groups in total. The first-order chi connectivity index (χ1) is 20.1. The molecule has 2 atom stereocenters. The Labute approximate surface area is 257 Å². The van der Waals surface area contributed by atoms with Gasteiger partial charge < -0.3 is 23.8 Å². The summed E-state index contributed by atoms with van der Waals surface area (Å²) >= 11 is 0. The summed E-state index contributed by atoms with van der Waals surface area (Å²) in [5, 5.41) is 9.43. The molecule has 0 aromatic carbocycles. The van der Waals surface area contributed by atoms with Crippen molar-refractivity contribution in [1.29, 1.82) is 0 Å². The van der Waals surface area contributed by atoms with Crippen LogP contribution in [0, 0.1) is 0 Å². The normalized spacial score (nSPS) is 13.3. The van der Waals surface area contributed by atoms with Gasteiger partial charge in [0.25, 0.3) is 0 Å². The zero-order valence-electron chi connectivity index (χ0n) is 27.7. The molecule has 0 radical (unpaired) electrons. The van der Waals surface area contributed by atoms with Gasteiger partial charge in [-0.2, -0.15) is 0 Å². The SMILES string of the molecule is CCCCCCCC/C=C\CCCCCCCCCCCC(=O)OC(COCCC(C(=O)O)[N+](C)(C)C)COC(C)=O. The smallest absolute Gasteiger partial charge is 0.362 e. The maximum atomic E-state index is 12.3. The Morgan fingerprint density at radius 2 is 1.24 bits per heavy atom. The Morgan fingerprint density at radius 3 is 1.71 bits per heavy atom. The van der Waals surface area contributed by atoms with Gasteiger partial charge in [-0.1, -0.05) is 96.1 Å².